The number of rotatable bonds is 3. The van der Waals surface area contributed by atoms with Crippen LogP contribution in [-0.4, -0.2) is 10.8 Å². The second-order valence-corrected chi connectivity index (χ2v) is 5.66. The van der Waals surface area contributed by atoms with E-state index in [1.165, 1.54) is 12.1 Å². The fraction of sp³-hybridized carbons (Fsp3) is 0.0714. The minimum absolute atomic E-state index is 0.117. The minimum Gasteiger partial charge on any atom is -0.322 e. The largest absolute Gasteiger partial charge is 0.322 e. The number of carbonyl (C=O) groups excluding carboxylic acids is 1. The van der Waals surface area contributed by atoms with Gasteiger partial charge in [0.2, 0.25) is 0 Å². The molecule has 5 nitrogen and oxygen atoms in total. The Hall–Kier alpha value is -1.92. The van der Waals surface area contributed by atoms with Crippen LogP contribution in [-0.2, 0) is 0 Å². The molecule has 0 aromatic heterocycles. The average Bonchev–Trinajstić information content (AvgIpc) is 2.42. The van der Waals surface area contributed by atoms with Gasteiger partial charge in [0, 0.05) is 27.9 Å². The lowest BCUT2D eigenvalue weighted by atomic mass is 10.1. The molecule has 0 aliphatic rings. The van der Waals surface area contributed by atoms with Crippen molar-refractivity contribution < 1.29 is 9.72 Å². The lowest BCUT2D eigenvalue weighted by Crippen LogP contribution is -2.12. The van der Waals surface area contributed by atoms with Crippen LogP contribution in [0.15, 0.2) is 40.9 Å². The minimum atomic E-state index is -0.528. The first-order valence-corrected chi connectivity index (χ1v) is 7.06. The van der Waals surface area contributed by atoms with Crippen molar-refractivity contribution in [2.24, 2.45) is 0 Å². The molecule has 21 heavy (non-hydrogen) atoms. The predicted octanol–water partition coefficient (Wildman–Crippen LogP) is 4.57. The fourth-order valence-electron chi connectivity index (χ4n) is 1.78. The van der Waals surface area contributed by atoms with E-state index in [0.717, 1.165) is 0 Å². The molecule has 108 valence electrons. The van der Waals surface area contributed by atoms with E-state index in [1.807, 2.05) is 0 Å². The number of nitro groups is 1. The highest BCUT2D eigenvalue weighted by Gasteiger charge is 2.13. The standard InChI is InChI=1S/C14H10BrClN2O3/c1-8-4-9(6-11(5-8)18(20)21)14(19)17-10-2-3-12(15)13(16)7-10/h2-7H,1H3,(H,17,19). The van der Waals surface area contributed by atoms with Crippen molar-refractivity contribution in [1.82, 2.24) is 0 Å². The zero-order valence-electron chi connectivity index (χ0n) is 10.9. The SMILES string of the molecule is Cc1cc(C(=O)Nc2ccc(Br)c(Cl)c2)cc([N+](=O)[O-])c1. The summed E-state index contributed by atoms with van der Waals surface area (Å²) in [6.07, 6.45) is 0. The van der Waals surface area contributed by atoms with Crippen LogP contribution in [0.2, 0.25) is 5.02 Å². The van der Waals surface area contributed by atoms with Crippen LogP contribution in [0, 0.1) is 17.0 Å². The van der Waals surface area contributed by atoms with Crippen LogP contribution in [0.25, 0.3) is 0 Å². The number of aryl methyl sites for hydroxylation is 1. The van der Waals surface area contributed by atoms with E-state index in [4.69, 9.17) is 11.6 Å². The maximum atomic E-state index is 12.1. The number of non-ortho nitro benzene ring substituents is 1. The predicted molar refractivity (Wildman–Crippen MR) is 84.9 cm³/mol. The van der Waals surface area contributed by atoms with Gasteiger partial charge in [-0.15, -0.1) is 0 Å². The molecule has 0 unspecified atom stereocenters. The highest BCUT2D eigenvalue weighted by molar-refractivity contribution is 9.10. The van der Waals surface area contributed by atoms with Gasteiger partial charge < -0.3 is 5.32 Å². The maximum absolute atomic E-state index is 12.1. The fourth-order valence-corrected chi connectivity index (χ4v) is 2.20. The highest BCUT2D eigenvalue weighted by Crippen LogP contribution is 2.26. The zero-order valence-corrected chi connectivity index (χ0v) is 13.2. The Kier molecular flexibility index (Phi) is 4.59. The molecule has 0 aliphatic heterocycles. The smallest absolute Gasteiger partial charge is 0.270 e. The molecule has 2 rings (SSSR count). The number of carbonyl (C=O) groups is 1. The summed E-state index contributed by atoms with van der Waals surface area (Å²) in [4.78, 5) is 22.4. The molecule has 0 saturated heterocycles. The lowest BCUT2D eigenvalue weighted by molar-refractivity contribution is -0.384. The van der Waals surface area contributed by atoms with Crippen LogP contribution in [0.4, 0.5) is 11.4 Å². The first kappa shape index (κ1) is 15.5. The summed E-state index contributed by atoms with van der Waals surface area (Å²) in [5, 5.41) is 13.9. The van der Waals surface area contributed by atoms with E-state index >= 15 is 0 Å². The van der Waals surface area contributed by atoms with Crippen LogP contribution in [0.1, 0.15) is 15.9 Å². The number of hydrogen-bond acceptors (Lipinski definition) is 3. The summed E-state index contributed by atoms with van der Waals surface area (Å²) in [5.74, 6) is -0.430. The molecule has 1 amide bonds. The molecule has 7 heteroatoms. The highest BCUT2D eigenvalue weighted by atomic mass is 79.9. The number of anilines is 1. The number of nitrogens with zero attached hydrogens (tertiary/aromatic N) is 1. The molecule has 0 saturated carbocycles. The van der Waals surface area contributed by atoms with E-state index in [-0.39, 0.29) is 11.3 Å². The summed E-state index contributed by atoms with van der Waals surface area (Å²) >= 11 is 9.20. The van der Waals surface area contributed by atoms with Gasteiger partial charge in [-0.3, -0.25) is 14.9 Å². The van der Waals surface area contributed by atoms with Crippen molar-refractivity contribution in [2.45, 2.75) is 6.92 Å². The molecular weight excluding hydrogens is 360 g/mol. The van der Waals surface area contributed by atoms with Crippen molar-refractivity contribution in [1.29, 1.82) is 0 Å². The quantitative estimate of drug-likeness (QED) is 0.636. The van der Waals surface area contributed by atoms with Crippen LogP contribution < -0.4 is 5.32 Å². The van der Waals surface area contributed by atoms with Gasteiger partial charge in [-0.05, 0) is 52.7 Å². The van der Waals surface area contributed by atoms with Gasteiger partial charge in [-0.2, -0.15) is 0 Å². The van der Waals surface area contributed by atoms with Crippen molar-refractivity contribution >= 4 is 44.8 Å². The molecular formula is C14H10BrClN2O3. The van der Waals surface area contributed by atoms with Crippen LogP contribution in [0.5, 0.6) is 0 Å². The van der Waals surface area contributed by atoms with Gasteiger partial charge in [0.15, 0.2) is 0 Å². The molecule has 0 radical (unpaired) electrons. The van der Waals surface area contributed by atoms with E-state index in [2.05, 4.69) is 21.2 Å². The Morgan fingerprint density at radius 2 is 2.00 bits per heavy atom. The third-order valence-corrected chi connectivity index (χ3v) is 3.95. The molecule has 0 spiro atoms. The van der Waals surface area contributed by atoms with Crippen LogP contribution in [0.3, 0.4) is 0 Å². The molecule has 0 bridgehead atoms. The van der Waals surface area contributed by atoms with Crippen molar-refractivity contribution in [3.63, 3.8) is 0 Å². The summed E-state index contributed by atoms with van der Waals surface area (Å²) in [7, 11) is 0. The summed E-state index contributed by atoms with van der Waals surface area (Å²) in [6, 6.07) is 9.21. The average molecular weight is 370 g/mol. The topological polar surface area (TPSA) is 72.2 Å². The molecule has 2 aromatic carbocycles. The lowest BCUT2D eigenvalue weighted by Gasteiger charge is -2.07. The normalized spacial score (nSPS) is 10.2. The van der Waals surface area contributed by atoms with Crippen molar-refractivity contribution in [3.8, 4) is 0 Å². The number of nitro benzene ring substituents is 1. The van der Waals surface area contributed by atoms with Gasteiger partial charge in [0.05, 0.1) is 9.95 Å². The summed E-state index contributed by atoms with van der Waals surface area (Å²) in [6.45, 7) is 1.69. The zero-order chi connectivity index (χ0) is 15.6. The second-order valence-electron chi connectivity index (χ2n) is 4.40. The molecule has 2 aromatic rings. The van der Waals surface area contributed by atoms with E-state index in [1.54, 1.807) is 31.2 Å². The number of hydrogen-bond donors (Lipinski definition) is 1. The Morgan fingerprint density at radius 3 is 2.62 bits per heavy atom. The molecule has 0 fully saturated rings. The first-order valence-electron chi connectivity index (χ1n) is 5.89. The number of benzene rings is 2. The maximum Gasteiger partial charge on any atom is 0.270 e. The Morgan fingerprint density at radius 1 is 1.29 bits per heavy atom. The third-order valence-electron chi connectivity index (χ3n) is 2.71. The number of nitrogens with one attached hydrogen (secondary N) is 1. The summed E-state index contributed by atoms with van der Waals surface area (Å²) < 4.78 is 0.716. The molecule has 0 atom stereocenters. The molecule has 0 aliphatic carbocycles. The van der Waals surface area contributed by atoms with E-state index < -0.39 is 10.8 Å². The van der Waals surface area contributed by atoms with E-state index in [0.29, 0.717) is 20.7 Å². The van der Waals surface area contributed by atoms with Gasteiger partial charge >= 0.3 is 0 Å². The summed E-state index contributed by atoms with van der Waals surface area (Å²) in [5.41, 5.74) is 1.26. The van der Waals surface area contributed by atoms with Gasteiger partial charge in [0.25, 0.3) is 11.6 Å². The van der Waals surface area contributed by atoms with Gasteiger partial charge in [-0.1, -0.05) is 11.6 Å². The number of amides is 1. The van der Waals surface area contributed by atoms with Crippen LogP contribution >= 0.6 is 27.5 Å². The Balaban J connectivity index is 2.27. The third kappa shape index (κ3) is 3.80. The second kappa shape index (κ2) is 6.24. The van der Waals surface area contributed by atoms with Crippen molar-refractivity contribution in [3.05, 3.63) is 67.1 Å². The Labute approximate surface area is 134 Å². The first-order chi connectivity index (χ1) is 9.86. The van der Waals surface area contributed by atoms with Crippen molar-refractivity contribution in [2.75, 3.05) is 5.32 Å². The molecule has 0 heterocycles. The van der Waals surface area contributed by atoms with Gasteiger partial charge in [0.1, 0.15) is 0 Å². The van der Waals surface area contributed by atoms with Gasteiger partial charge in [-0.25, -0.2) is 0 Å². The molecule has 1 N–H and O–H groups in total. The monoisotopic (exact) mass is 368 g/mol. The van der Waals surface area contributed by atoms with E-state index in [9.17, 15) is 14.9 Å². The Bertz CT molecular complexity index is 734. The number of halogens is 2.